The van der Waals surface area contributed by atoms with E-state index < -0.39 is 0 Å². The van der Waals surface area contributed by atoms with Gasteiger partial charge in [-0.1, -0.05) is 12.1 Å². The average molecular weight is 288 g/mol. The molecule has 2 amide bonds. The summed E-state index contributed by atoms with van der Waals surface area (Å²) in [5, 5.41) is 0. The zero-order valence-corrected chi connectivity index (χ0v) is 13.3. The van der Waals surface area contributed by atoms with E-state index in [0.29, 0.717) is 6.54 Å². The highest BCUT2D eigenvalue weighted by atomic mass is 16.2. The number of carbonyl (C=O) groups excluding carboxylic acids is 2. The smallest absolute Gasteiger partial charge is 0.319 e. The molecule has 1 aromatic carbocycles. The summed E-state index contributed by atoms with van der Waals surface area (Å²) in [7, 11) is 1.85. The monoisotopic (exact) mass is 288 g/mol. The zero-order valence-electron chi connectivity index (χ0n) is 13.3. The predicted octanol–water partition coefficient (Wildman–Crippen LogP) is 2.75. The lowest BCUT2D eigenvalue weighted by atomic mass is 9.99. The Kier molecular flexibility index (Phi) is 4.66. The van der Waals surface area contributed by atoms with Crippen LogP contribution < -0.4 is 0 Å². The molecule has 1 heterocycles. The third kappa shape index (κ3) is 3.43. The highest BCUT2D eigenvalue weighted by Gasteiger charge is 2.22. The minimum absolute atomic E-state index is 0.0876. The van der Waals surface area contributed by atoms with Gasteiger partial charge in [0.15, 0.2) is 5.78 Å². The molecule has 0 saturated heterocycles. The number of nitrogens with zero attached hydrogens (tertiary/aromatic N) is 2. The van der Waals surface area contributed by atoms with Crippen LogP contribution in [0.3, 0.4) is 0 Å². The van der Waals surface area contributed by atoms with Gasteiger partial charge in [-0.2, -0.15) is 0 Å². The van der Waals surface area contributed by atoms with Crippen molar-refractivity contribution in [3.8, 4) is 0 Å². The second-order valence-electron chi connectivity index (χ2n) is 6.01. The van der Waals surface area contributed by atoms with E-state index in [1.807, 2.05) is 44.0 Å². The molecule has 0 atom stereocenters. The van der Waals surface area contributed by atoms with Crippen molar-refractivity contribution in [3.05, 3.63) is 34.9 Å². The van der Waals surface area contributed by atoms with Crippen molar-refractivity contribution in [1.29, 1.82) is 0 Å². The van der Waals surface area contributed by atoms with Crippen molar-refractivity contribution >= 4 is 11.8 Å². The molecule has 21 heavy (non-hydrogen) atoms. The van der Waals surface area contributed by atoms with Crippen LogP contribution in [0, 0.1) is 0 Å². The molecule has 114 valence electrons. The maximum Gasteiger partial charge on any atom is 0.319 e. The molecule has 0 aliphatic carbocycles. The molecule has 4 heteroatoms. The van der Waals surface area contributed by atoms with E-state index in [2.05, 4.69) is 0 Å². The molecule has 1 aliphatic rings. The number of fused-ring (bicyclic) bond motifs is 1. The van der Waals surface area contributed by atoms with Gasteiger partial charge in [0.25, 0.3) is 0 Å². The Hall–Kier alpha value is -1.84. The first-order valence-corrected chi connectivity index (χ1v) is 7.54. The van der Waals surface area contributed by atoms with Crippen LogP contribution >= 0.6 is 0 Å². The standard InChI is InChI=1S/C17H24N2O2/c1-12(2)18(4)17(21)19-9-7-14-5-6-15(13(3)20)11-16(14)8-10-19/h5-6,11-12H,7-10H2,1-4H3. The molecule has 0 spiro atoms. The van der Waals surface area contributed by atoms with E-state index >= 15 is 0 Å². The highest BCUT2D eigenvalue weighted by Crippen LogP contribution is 2.19. The minimum atomic E-state index is 0.0876. The van der Waals surface area contributed by atoms with E-state index in [0.717, 1.165) is 24.9 Å². The quantitative estimate of drug-likeness (QED) is 0.785. The fraction of sp³-hybridized carbons (Fsp3) is 0.529. The lowest BCUT2D eigenvalue weighted by molar-refractivity contribution is 0.101. The fourth-order valence-corrected chi connectivity index (χ4v) is 2.58. The Morgan fingerprint density at radius 2 is 1.76 bits per heavy atom. The maximum atomic E-state index is 12.4. The van der Waals surface area contributed by atoms with Gasteiger partial charge in [0.2, 0.25) is 0 Å². The Morgan fingerprint density at radius 3 is 2.33 bits per heavy atom. The number of Topliss-reactive ketones (excluding diaryl/α,β-unsaturated/α-hetero) is 1. The van der Waals surface area contributed by atoms with Crippen molar-refractivity contribution in [1.82, 2.24) is 9.80 Å². The Bertz CT molecular complexity index is 552. The molecule has 0 aromatic heterocycles. The highest BCUT2D eigenvalue weighted by molar-refractivity contribution is 5.94. The van der Waals surface area contributed by atoms with Gasteiger partial charge in [-0.25, -0.2) is 4.79 Å². The first-order valence-electron chi connectivity index (χ1n) is 7.54. The third-order valence-corrected chi connectivity index (χ3v) is 4.26. The van der Waals surface area contributed by atoms with Gasteiger partial charge in [-0.3, -0.25) is 4.79 Å². The van der Waals surface area contributed by atoms with Gasteiger partial charge in [-0.05, 0) is 50.8 Å². The lowest BCUT2D eigenvalue weighted by Gasteiger charge is -2.29. The Morgan fingerprint density at radius 1 is 1.14 bits per heavy atom. The Labute approximate surface area is 126 Å². The largest absolute Gasteiger partial charge is 0.325 e. The molecule has 0 radical (unpaired) electrons. The SMILES string of the molecule is CC(=O)c1ccc2c(c1)CCN(C(=O)N(C)C(C)C)CC2. The molecule has 0 saturated carbocycles. The summed E-state index contributed by atoms with van der Waals surface area (Å²) in [5.41, 5.74) is 3.21. The van der Waals surface area contributed by atoms with Gasteiger partial charge in [-0.15, -0.1) is 0 Å². The van der Waals surface area contributed by atoms with Crippen LogP contribution in [-0.2, 0) is 12.8 Å². The topological polar surface area (TPSA) is 40.6 Å². The second kappa shape index (κ2) is 6.29. The van der Waals surface area contributed by atoms with Crippen LogP contribution in [0.1, 0.15) is 42.3 Å². The van der Waals surface area contributed by atoms with E-state index in [1.54, 1.807) is 11.8 Å². The van der Waals surface area contributed by atoms with Gasteiger partial charge in [0.1, 0.15) is 0 Å². The summed E-state index contributed by atoms with van der Waals surface area (Å²) >= 11 is 0. The average Bonchev–Trinajstić information content (AvgIpc) is 2.67. The van der Waals surface area contributed by atoms with Crippen molar-refractivity contribution in [2.45, 2.75) is 39.7 Å². The van der Waals surface area contributed by atoms with Crippen molar-refractivity contribution in [3.63, 3.8) is 0 Å². The summed E-state index contributed by atoms with van der Waals surface area (Å²) in [4.78, 5) is 27.6. The molecule has 1 aliphatic heterocycles. The molecular weight excluding hydrogens is 264 g/mol. The number of ketones is 1. The zero-order chi connectivity index (χ0) is 15.6. The van der Waals surface area contributed by atoms with E-state index in [9.17, 15) is 9.59 Å². The number of rotatable bonds is 2. The molecule has 0 N–H and O–H groups in total. The van der Waals surface area contributed by atoms with Crippen LogP contribution in [0.25, 0.3) is 0 Å². The van der Waals surface area contributed by atoms with Gasteiger partial charge >= 0.3 is 6.03 Å². The number of benzene rings is 1. The number of amides is 2. The predicted molar refractivity (Wildman–Crippen MR) is 83.7 cm³/mol. The normalized spacial score (nSPS) is 14.6. The number of hydrogen-bond acceptors (Lipinski definition) is 2. The minimum Gasteiger partial charge on any atom is -0.325 e. The fourth-order valence-electron chi connectivity index (χ4n) is 2.58. The van der Waals surface area contributed by atoms with Gasteiger partial charge in [0, 0.05) is 31.7 Å². The molecular formula is C17H24N2O2. The first-order chi connectivity index (χ1) is 9.90. The summed E-state index contributed by atoms with van der Waals surface area (Å²) in [6.07, 6.45) is 1.67. The molecule has 2 rings (SSSR count). The molecule has 0 fully saturated rings. The molecule has 4 nitrogen and oxygen atoms in total. The van der Waals surface area contributed by atoms with Crippen molar-refractivity contribution in [2.24, 2.45) is 0 Å². The number of urea groups is 1. The van der Waals surface area contributed by atoms with E-state index in [-0.39, 0.29) is 17.9 Å². The van der Waals surface area contributed by atoms with E-state index in [4.69, 9.17) is 0 Å². The maximum absolute atomic E-state index is 12.4. The van der Waals surface area contributed by atoms with Crippen molar-refractivity contribution in [2.75, 3.05) is 20.1 Å². The van der Waals surface area contributed by atoms with Crippen LogP contribution in [0.5, 0.6) is 0 Å². The summed E-state index contributed by atoms with van der Waals surface area (Å²) in [6.45, 7) is 7.08. The van der Waals surface area contributed by atoms with Crippen molar-refractivity contribution < 1.29 is 9.59 Å². The Balaban J connectivity index is 2.13. The summed E-state index contributed by atoms with van der Waals surface area (Å²) < 4.78 is 0. The van der Waals surface area contributed by atoms with E-state index in [1.165, 1.54) is 11.1 Å². The van der Waals surface area contributed by atoms with Crippen LogP contribution in [-0.4, -0.2) is 47.8 Å². The second-order valence-corrected chi connectivity index (χ2v) is 6.01. The van der Waals surface area contributed by atoms with Crippen LogP contribution in [0.2, 0.25) is 0 Å². The number of carbonyl (C=O) groups is 2. The third-order valence-electron chi connectivity index (χ3n) is 4.26. The van der Waals surface area contributed by atoms with Crippen LogP contribution in [0.4, 0.5) is 4.79 Å². The molecule has 0 unspecified atom stereocenters. The molecule has 1 aromatic rings. The van der Waals surface area contributed by atoms with Gasteiger partial charge in [0.05, 0.1) is 0 Å². The lowest BCUT2D eigenvalue weighted by Crippen LogP contribution is -2.45. The summed E-state index contributed by atoms with van der Waals surface area (Å²) in [5.74, 6) is 0.0921. The molecule has 0 bridgehead atoms. The van der Waals surface area contributed by atoms with Crippen LogP contribution in [0.15, 0.2) is 18.2 Å². The van der Waals surface area contributed by atoms with Gasteiger partial charge < -0.3 is 9.80 Å². The number of hydrogen-bond donors (Lipinski definition) is 0. The first kappa shape index (κ1) is 15.5. The summed E-state index contributed by atoms with van der Waals surface area (Å²) in [6, 6.07) is 6.19.